The highest BCUT2D eigenvalue weighted by Gasteiger charge is 2.22. The number of anilines is 2. The predicted octanol–water partition coefficient (Wildman–Crippen LogP) is 3.23. The van der Waals surface area contributed by atoms with E-state index in [0.717, 1.165) is 56.4 Å². The van der Waals surface area contributed by atoms with Crippen LogP contribution in [0.2, 0.25) is 0 Å². The van der Waals surface area contributed by atoms with Gasteiger partial charge in [-0.1, -0.05) is 13.3 Å². The molecule has 0 amide bonds. The van der Waals surface area contributed by atoms with Gasteiger partial charge in [-0.3, -0.25) is 0 Å². The predicted molar refractivity (Wildman–Crippen MR) is 105 cm³/mol. The molecule has 0 aliphatic heterocycles. The number of aliphatic hydroxyl groups is 1. The number of carboxylic acids is 1. The van der Waals surface area contributed by atoms with Gasteiger partial charge in [-0.05, 0) is 32.1 Å². The highest BCUT2D eigenvalue weighted by molar-refractivity contribution is 7.16. The van der Waals surface area contributed by atoms with Crippen LogP contribution in [0.4, 0.5) is 11.8 Å². The fraction of sp³-hybridized carbons (Fsp3) is 0.556. The summed E-state index contributed by atoms with van der Waals surface area (Å²) in [5.41, 5.74) is 0.694. The smallest absolute Gasteiger partial charge is 0.347 e. The number of carboxylic acid groups (broad SMARTS) is 1. The number of nitrogens with zero attached hydrogens (tertiary/aromatic N) is 3. The Kier molecular flexibility index (Phi) is 6.57. The summed E-state index contributed by atoms with van der Waals surface area (Å²) < 4.78 is 0. The molecule has 1 aliphatic rings. The van der Waals surface area contributed by atoms with Crippen molar-refractivity contribution in [2.45, 2.75) is 57.6 Å². The van der Waals surface area contributed by atoms with Crippen molar-refractivity contribution in [3.63, 3.8) is 0 Å². The van der Waals surface area contributed by atoms with Crippen LogP contribution in [0.5, 0.6) is 0 Å². The molecule has 0 saturated heterocycles. The van der Waals surface area contributed by atoms with Crippen LogP contribution in [-0.4, -0.2) is 49.8 Å². The average molecular weight is 391 g/mol. The van der Waals surface area contributed by atoms with Crippen molar-refractivity contribution in [1.29, 1.82) is 0 Å². The van der Waals surface area contributed by atoms with E-state index in [2.05, 4.69) is 32.5 Å². The second-order valence-corrected chi connectivity index (χ2v) is 7.75. The first-order valence-electron chi connectivity index (χ1n) is 9.31. The van der Waals surface area contributed by atoms with Gasteiger partial charge in [0, 0.05) is 18.8 Å². The topological polar surface area (TPSA) is 120 Å². The molecule has 4 N–H and O–H groups in total. The van der Waals surface area contributed by atoms with Crippen LogP contribution in [-0.2, 0) is 0 Å². The summed E-state index contributed by atoms with van der Waals surface area (Å²) in [6, 6.07) is 0.212. The summed E-state index contributed by atoms with van der Waals surface area (Å²) in [7, 11) is 0. The van der Waals surface area contributed by atoms with E-state index in [1.54, 1.807) is 6.20 Å². The number of hydrogen-bond donors (Lipinski definition) is 4. The van der Waals surface area contributed by atoms with E-state index >= 15 is 0 Å². The van der Waals surface area contributed by atoms with Crippen molar-refractivity contribution in [3.05, 3.63) is 17.3 Å². The maximum Gasteiger partial charge on any atom is 0.347 e. The second-order valence-electron chi connectivity index (χ2n) is 6.72. The van der Waals surface area contributed by atoms with Crippen molar-refractivity contribution in [2.24, 2.45) is 0 Å². The molecule has 1 aliphatic carbocycles. The average Bonchev–Trinajstić information content (AvgIpc) is 3.14. The van der Waals surface area contributed by atoms with E-state index in [1.165, 1.54) is 6.20 Å². The lowest BCUT2D eigenvalue weighted by molar-refractivity contribution is 0.0702. The highest BCUT2D eigenvalue weighted by atomic mass is 32.1. The molecular formula is C18H25N5O3S. The molecule has 9 heteroatoms. The Morgan fingerprint density at radius 3 is 2.70 bits per heavy atom. The monoisotopic (exact) mass is 391 g/mol. The van der Waals surface area contributed by atoms with Crippen molar-refractivity contribution in [3.8, 4) is 10.6 Å². The maximum absolute atomic E-state index is 11.2. The molecule has 0 aromatic carbocycles. The van der Waals surface area contributed by atoms with Crippen LogP contribution in [0.3, 0.4) is 0 Å². The summed E-state index contributed by atoms with van der Waals surface area (Å²) in [6.07, 6.45) is 8.18. The van der Waals surface area contributed by atoms with Crippen LogP contribution in [0, 0.1) is 0 Å². The van der Waals surface area contributed by atoms with E-state index in [-0.39, 0.29) is 17.0 Å². The normalized spacial score (nSPS) is 19.6. The number of thiazole rings is 1. The minimum atomic E-state index is -0.992. The molecule has 2 aromatic rings. The number of aromatic nitrogens is 3. The lowest BCUT2D eigenvalue weighted by Gasteiger charge is -2.27. The summed E-state index contributed by atoms with van der Waals surface area (Å²) in [4.78, 5) is 24.6. The van der Waals surface area contributed by atoms with Crippen LogP contribution < -0.4 is 10.6 Å². The van der Waals surface area contributed by atoms with Gasteiger partial charge in [0.2, 0.25) is 5.95 Å². The molecule has 0 radical (unpaired) electrons. The van der Waals surface area contributed by atoms with Gasteiger partial charge in [0.1, 0.15) is 15.7 Å². The maximum atomic E-state index is 11.2. The van der Waals surface area contributed by atoms with Crippen LogP contribution in [0.25, 0.3) is 10.6 Å². The van der Waals surface area contributed by atoms with Crippen LogP contribution in [0.15, 0.2) is 12.4 Å². The Hall–Kier alpha value is -2.26. The molecule has 0 unspecified atom stereocenters. The SMILES string of the molecule is CCCCNc1ncc(-c2ncc(C(=O)O)s2)c(NC2CCC(O)CC2)n1. The first-order valence-corrected chi connectivity index (χ1v) is 10.1. The molecule has 2 aromatic heterocycles. The third kappa shape index (κ3) is 5.14. The standard InChI is InChI=1S/C18H25N5O3S/c1-2-3-8-19-18-21-9-13(16-20-10-14(27-16)17(25)26)15(23-18)22-11-4-6-12(24)7-5-11/h9-12,24H,2-8H2,1H3,(H,25,26)(H2,19,21,22,23). The van der Waals surface area contributed by atoms with Crippen LogP contribution in [0.1, 0.15) is 55.1 Å². The van der Waals surface area contributed by atoms with Crippen LogP contribution >= 0.6 is 11.3 Å². The van der Waals surface area contributed by atoms with Gasteiger partial charge in [0.25, 0.3) is 0 Å². The molecule has 3 rings (SSSR count). The van der Waals surface area contributed by atoms with Gasteiger partial charge < -0.3 is 20.8 Å². The Balaban J connectivity index is 1.84. The summed E-state index contributed by atoms with van der Waals surface area (Å²) in [6.45, 7) is 2.92. The van der Waals surface area contributed by atoms with Crippen molar-refractivity contribution < 1.29 is 15.0 Å². The van der Waals surface area contributed by atoms with E-state index in [0.29, 0.717) is 22.3 Å². The third-order valence-corrected chi connectivity index (χ3v) is 5.61. The number of unbranched alkanes of at least 4 members (excludes halogenated alkanes) is 1. The van der Waals surface area contributed by atoms with E-state index in [4.69, 9.17) is 5.11 Å². The number of hydrogen-bond acceptors (Lipinski definition) is 8. The fourth-order valence-electron chi connectivity index (χ4n) is 3.02. The summed E-state index contributed by atoms with van der Waals surface area (Å²) in [5.74, 6) is 0.200. The Morgan fingerprint density at radius 1 is 1.26 bits per heavy atom. The third-order valence-electron chi connectivity index (χ3n) is 4.59. The second kappa shape index (κ2) is 9.09. The minimum absolute atomic E-state index is 0.182. The number of carbonyl (C=O) groups is 1. The summed E-state index contributed by atoms with van der Waals surface area (Å²) >= 11 is 1.11. The zero-order valence-electron chi connectivity index (χ0n) is 15.3. The molecule has 0 spiro atoms. The Bertz CT molecular complexity index is 774. The lowest BCUT2D eigenvalue weighted by atomic mass is 9.93. The minimum Gasteiger partial charge on any atom is -0.477 e. The van der Waals surface area contributed by atoms with Gasteiger partial charge in [0.05, 0.1) is 17.9 Å². The zero-order chi connectivity index (χ0) is 19.2. The van der Waals surface area contributed by atoms with Gasteiger partial charge in [-0.2, -0.15) is 4.98 Å². The number of nitrogens with one attached hydrogen (secondary N) is 2. The van der Waals surface area contributed by atoms with Gasteiger partial charge in [-0.25, -0.2) is 14.8 Å². The van der Waals surface area contributed by atoms with Gasteiger partial charge in [0.15, 0.2) is 0 Å². The Labute approximate surface area is 162 Å². The number of rotatable bonds is 8. The molecule has 146 valence electrons. The first-order chi connectivity index (χ1) is 13.1. The zero-order valence-corrected chi connectivity index (χ0v) is 16.1. The molecular weight excluding hydrogens is 366 g/mol. The van der Waals surface area contributed by atoms with Crippen molar-refractivity contribution in [2.75, 3.05) is 17.2 Å². The van der Waals surface area contributed by atoms with Gasteiger partial charge >= 0.3 is 5.97 Å². The van der Waals surface area contributed by atoms with Crippen molar-refractivity contribution >= 4 is 29.1 Å². The Morgan fingerprint density at radius 2 is 2.04 bits per heavy atom. The molecule has 0 atom stereocenters. The number of aliphatic hydroxyl groups excluding tert-OH is 1. The number of aromatic carboxylic acids is 1. The summed E-state index contributed by atoms with van der Waals surface area (Å²) in [5, 5.41) is 26.1. The fourth-order valence-corrected chi connectivity index (χ4v) is 3.79. The molecule has 0 bridgehead atoms. The largest absolute Gasteiger partial charge is 0.477 e. The van der Waals surface area contributed by atoms with Gasteiger partial charge in [-0.15, -0.1) is 11.3 Å². The lowest BCUT2D eigenvalue weighted by Crippen LogP contribution is -2.29. The highest BCUT2D eigenvalue weighted by Crippen LogP contribution is 2.32. The first kappa shape index (κ1) is 19.5. The quantitative estimate of drug-likeness (QED) is 0.506. The molecule has 2 heterocycles. The molecule has 27 heavy (non-hydrogen) atoms. The van der Waals surface area contributed by atoms with E-state index < -0.39 is 5.97 Å². The van der Waals surface area contributed by atoms with E-state index in [9.17, 15) is 9.90 Å². The molecule has 8 nitrogen and oxygen atoms in total. The van der Waals surface area contributed by atoms with Crippen molar-refractivity contribution in [1.82, 2.24) is 15.0 Å². The van der Waals surface area contributed by atoms with E-state index in [1.807, 2.05) is 0 Å². The molecule has 1 fully saturated rings. The molecule has 1 saturated carbocycles.